The van der Waals surface area contributed by atoms with Gasteiger partial charge in [0, 0.05) is 0 Å². The molecule has 9 unspecified atom stereocenters. The number of hydrogen-bond acceptors (Lipinski definition) is 10. The van der Waals surface area contributed by atoms with Crippen molar-refractivity contribution in [2.45, 2.75) is 351 Å². The van der Waals surface area contributed by atoms with Gasteiger partial charge in [-0.05, 0) is 77.0 Å². The largest absolute Gasteiger partial charge is 0.394 e. The Morgan fingerprint density at radius 1 is 0.468 bits per heavy atom. The van der Waals surface area contributed by atoms with Crippen LogP contribution < -0.4 is 5.32 Å². The molecule has 0 aliphatic carbocycles. The van der Waals surface area contributed by atoms with Crippen LogP contribution >= 0.6 is 0 Å². The van der Waals surface area contributed by atoms with E-state index in [1.807, 2.05) is 0 Å². The first-order valence-corrected chi connectivity index (χ1v) is 32.5. The zero-order valence-electron chi connectivity index (χ0n) is 49.7. The fourth-order valence-corrected chi connectivity index (χ4v) is 10.4. The lowest BCUT2D eigenvalue weighted by Gasteiger charge is -2.40. The van der Waals surface area contributed by atoms with Crippen LogP contribution in [-0.4, -0.2) is 110 Å². The van der Waals surface area contributed by atoms with Crippen molar-refractivity contribution >= 4 is 5.91 Å². The molecule has 11 heteroatoms. The fraction of sp³-hybridized carbons (Fsp3) is 0.864. The molecule has 1 amide bonds. The van der Waals surface area contributed by atoms with E-state index in [1.54, 1.807) is 0 Å². The number of aliphatic hydroxyl groups is 7. The fourth-order valence-electron chi connectivity index (χ4n) is 10.4. The van der Waals surface area contributed by atoms with Crippen molar-refractivity contribution in [3.05, 3.63) is 48.6 Å². The molecule has 1 aliphatic heterocycles. The van der Waals surface area contributed by atoms with Crippen molar-refractivity contribution in [2.75, 3.05) is 13.2 Å². The molecule has 11 nitrogen and oxygen atoms in total. The molecule has 1 saturated heterocycles. The van der Waals surface area contributed by atoms with E-state index in [2.05, 4.69) is 67.8 Å². The number of rotatable bonds is 56. The van der Waals surface area contributed by atoms with Crippen LogP contribution in [0.2, 0.25) is 0 Å². The Morgan fingerprint density at radius 2 is 0.857 bits per heavy atom. The highest BCUT2D eigenvalue weighted by molar-refractivity contribution is 5.80. The molecule has 0 aromatic rings. The van der Waals surface area contributed by atoms with Crippen LogP contribution in [0.25, 0.3) is 0 Å². The van der Waals surface area contributed by atoms with Gasteiger partial charge < -0.3 is 50.5 Å². The van der Waals surface area contributed by atoms with Crippen LogP contribution in [0.5, 0.6) is 0 Å². The lowest BCUT2D eigenvalue weighted by Crippen LogP contribution is -2.60. The molecule has 0 bridgehead atoms. The lowest BCUT2D eigenvalue weighted by atomic mass is 9.98. The number of ether oxygens (including phenoxy) is 2. The summed E-state index contributed by atoms with van der Waals surface area (Å²) in [5.74, 6) is -0.709. The number of nitrogens with one attached hydrogen (secondary N) is 1. The lowest BCUT2D eigenvalue weighted by molar-refractivity contribution is -0.303. The van der Waals surface area contributed by atoms with E-state index in [-0.39, 0.29) is 12.8 Å². The van der Waals surface area contributed by atoms with Crippen molar-refractivity contribution in [3.8, 4) is 0 Å². The van der Waals surface area contributed by atoms with Crippen LogP contribution in [0, 0.1) is 0 Å². The summed E-state index contributed by atoms with van der Waals surface area (Å²) in [6, 6.07) is -1.19. The van der Waals surface area contributed by atoms with E-state index in [1.165, 1.54) is 199 Å². The Balaban J connectivity index is 2.26. The molecule has 0 aromatic carbocycles. The van der Waals surface area contributed by atoms with Gasteiger partial charge in [0.05, 0.1) is 25.4 Å². The van der Waals surface area contributed by atoms with E-state index in [0.29, 0.717) is 19.3 Å². The summed E-state index contributed by atoms with van der Waals surface area (Å²) < 4.78 is 11.2. The maximum Gasteiger partial charge on any atom is 0.249 e. The van der Waals surface area contributed by atoms with Crippen molar-refractivity contribution in [1.82, 2.24) is 5.32 Å². The Labute approximate surface area is 472 Å². The van der Waals surface area contributed by atoms with Crippen LogP contribution in [0.3, 0.4) is 0 Å². The summed E-state index contributed by atoms with van der Waals surface area (Å²) in [7, 11) is 0. The minimum Gasteiger partial charge on any atom is -0.394 e. The maximum atomic E-state index is 13.2. The Morgan fingerprint density at radius 3 is 1.30 bits per heavy atom. The van der Waals surface area contributed by atoms with E-state index in [0.717, 1.165) is 51.4 Å². The molecule has 8 N–H and O–H groups in total. The smallest absolute Gasteiger partial charge is 0.249 e. The first-order valence-electron chi connectivity index (χ1n) is 32.5. The molecule has 1 heterocycles. The second-order valence-electron chi connectivity index (χ2n) is 22.8. The van der Waals surface area contributed by atoms with Gasteiger partial charge in [0.15, 0.2) is 6.29 Å². The molecule has 0 aromatic heterocycles. The Hall–Kier alpha value is -1.93. The minimum absolute atomic E-state index is 0.246. The van der Waals surface area contributed by atoms with E-state index < -0.39 is 74.2 Å². The molecule has 0 saturated carbocycles. The number of carbonyl (C=O) groups is 1. The quantitative estimate of drug-likeness (QED) is 0.0215. The topological polar surface area (TPSA) is 189 Å². The van der Waals surface area contributed by atoms with Crippen molar-refractivity contribution in [2.24, 2.45) is 0 Å². The zero-order chi connectivity index (χ0) is 56.1. The van der Waals surface area contributed by atoms with E-state index in [9.17, 15) is 40.5 Å². The predicted molar refractivity (Wildman–Crippen MR) is 321 cm³/mol. The van der Waals surface area contributed by atoms with Gasteiger partial charge in [-0.3, -0.25) is 4.79 Å². The standard InChI is InChI=1S/C66H123NO10/c1-3-5-7-9-11-13-15-17-19-21-23-25-26-27-28-29-30-31-32-33-34-36-37-39-41-43-45-47-49-51-53-58(69)61(71)57(56-76-66-64(74)63(73)62(72)60(55-68)77-66)67-65(75)59(70)54-52-50-48-46-44-42-40-38-35-24-22-20-18-16-14-12-10-8-6-4-2/h6,8,12,14,37,39,45,47,57-64,66,68-74H,3-5,7,9-11,13,15-36,38,40-44,46,48-56H2,1-2H3,(H,67,75)/b8-6-,14-12-,39-37+,47-45+. The Kier molecular flexibility index (Phi) is 51.9. The number of aliphatic hydroxyl groups excluding tert-OH is 7. The molecule has 77 heavy (non-hydrogen) atoms. The molecule has 1 fully saturated rings. The first kappa shape index (κ1) is 73.1. The highest BCUT2D eigenvalue weighted by atomic mass is 16.7. The molecular formula is C66H123NO10. The molecular weight excluding hydrogens is 967 g/mol. The van der Waals surface area contributed by atoms with Gasteiger partial charge in [0.2, 0.25) is 5.91 Å². The van der Waals surface area contributed by atoms with Gasteiger partial charge in [0.1, 0.15) is 36.6 Å². The Bertz CT molecular complexity index is 1390. The average Bonchev–Trinajstić information content (AvgIpc) is 3.43. The summed E-state index contributed by atoms with van der Waals surface area (Å²) in [4.78, 5) is 13.2. The van der Waals surface area contributed by atoms with Crippen molar-refractivity contribution in [3.63, 3.8) is 0 Å². The van der Waals surface area contributed by atoms with Gasteiger partial charge in [-0.25, -0.2) is 0 Å². The van der Waals surface area contributed by atoms with E-state index >= 15 is 0 Å². The summed E-state index contributed by atoms with van der Waals surface area (Å²) in [5.41, 5.74) is 0. The number of carbonyl (C=O) groups excluding carboxylic acids is 1. The number of hydrogen-bond donors (Lipinski definition) is 8. The molecule has 452 valence electrons. The van der Waals surface area contributed by atoms with Gasteiger partial charge in [0.25, 0.3) is 0 Å². The summed E-state index contributed by atoms with van der Waals surface area (Å²) in [6.07, 6.45) is 59.0. The molecule has 0 spiro atoms. The van der Waals surface area contributed by atoms with Crippen molar-refractivity contribution < 1.29 is 50.0 Å². The second kappa shape index (κ2) is 54.6. The SMILES string of the molecule is CC/C=C\C/C=C\CCCCCCCCCCCCCCCC(O)C(=O)NC(COC1OC(CO)C(O)C(O)C1O)C(O)C(O)CCC/C=C/CC/C=C/CCCCCCCCCCCCCCCCCCCCCCC. The van der Waals surface area contributed by atoms with Crippen LogP contribution in [0.1, 0.15) is 296 Å². The van der Waals surface area contributed by atoms with Gasteiger partial charge in [-0.1, -0.05) is 268 Å². The predicted octanol–water partition coefficient (Wildman–Crippen LogP) is 14.8. The van der Waals surface area contributed by atoms with Crippen LogP contribution in [0.4, 0.5) is 0 Å². The molecule has 1 rings (SSSR count). The molecule has 0 radical (unpaired) electrons. The summed E-state index contributed by atoms with van der Waals surface area (Å²) in [6.45, 7) is 3.37. The summed E-state index contributed by atoms with van der Waals surface area (Å²) >= 11 is 0. The molecule has 1 aliphatic rings. The third-order valence-corrected chi connectivity index (χ3v) is 15.6. The van der Waals surface area contributed by atoms with Gasteiger partial charge in [-0.2, -0.15) is 0 Å². The highest BCUT2D eigenvalue weighted by Crippen LogP contribution is 2.24. The number of amides is 1. The van der Waals surface area contributed by atoms with Gasteiger partial charge in [-0.15, -0.1) is 0 Å². The minimum atomic E-state index is -1.67. The second-order valence-corrected chi connectivity index (χ2v) is 22.8. The monoisotopic (exact) mass is 1090 g/mol. The van der Waals surface area contributed by atoms with Crippen molar-refractivity contribution in [1.29, 1.82) is 0 Å². The average molecular weight is 1090 g/mol. The zero-order valence-corrected chi connectivity index (χ0v) is 49.7. The number of unbranched alkanes of at least 4 members (excludes halogenated alkanes) is 36. The highest BCUT2D eigenvalue weighted by Gasteiger charge is 2.44. The van der Waals surface area contributed by atoms with Crippen LogP contribution in [0.15, 0.2) is 48.6 Å². The first-order chi connectivity index (χ1) is 37.7. The third kappa shape index (κ3) is 42.6. The van der Waals surface area contributed by atoms with Gasteiger partial charge >= 0.3 is 0 Å². The summed E-state index contributed by atoms with van der Waals surface area (Å²) in [5, 5.41) is 76.3. The van der Waals surface area contributed by atoms with E-state index in [4.69, 9.17) is 9.47 Å². The molecule has 9 atom stereocenters. The normalized spacial score (nSPS) is 19.8. The maximum absolute atomic E-state index is 13.2. The number of allylic oxidation sites excluding steroid dienone is 8. The third-order valence-electron chi connectivity index (χ3n) is 15.6. The van der Waals surface area contributed by atoms with Crippen LogP contribution in [-0.2, 0) is 14.3 Å².